The van der Waals surface area contributed by atoms with Crippen molar-refractivity contribution < 1.29 is 14.3 Å². The van der Waals surface area contributed by atoms with Crippen LogP contribution in [0.3, 0.4) is 0 Å². The monoisotopic (exact) mass is 396 g/mol. The Morgan fingerprint density at radius 2 is 1.79 bits per heavy atom. The van der Waals surface area contributed by atoms with Crippen LogP contribution in [0.4, 0.5) is 10.5 Å². The number of ether oxygens (including phenoxy) is 1. The zero-order valence-electron chi connectivity index (χ0n) is 17.1. The summed E-state index contributed by atoms with van der Waals surface area (Å²) in [6.45, 7) is 7.90. The van der Waals surface area contributed by atoms with E-state index in [9.17, 15) is 9.59 Å². The maximum atomic E-state index is 13.0. The average molecular weight is 396 g/mol. The van der Waals surface area contributed by atoms with E-state index in [0.29, 0.717) is 51.6 Å². The van der Waals surface area contributed by atoms with Gasteiger partial charge in [-0.25, -0.2) is 4.79 Å². The zero-order chi connectivity index (χ0) is 20.6. The third kappa shape index (κ3) is 5.25. The first-order valence-electron chi connectivity index (χ1n) is 10.1. The molecule has 0 aliphatic carbocycles. The molecule has 1 aromatic carbocycles. The van der Waals surface area contributed by atoms with Gasteiger partial charge in [-0.3, -0.25) is 9.78 Å². The first-order chi connectivity index (χ1) is 14.1. The van der Waals surface area contributed by atoms with Crippen molar-refractivity contribution in [2.45, 2.75) is 20.4 Å². The average Bonchev–Trinajstić information content (AvgIpc) is 2.78. The summed E-state index contributed by atoms with van der Waals surface area (Å²) in [6.07, 6.45) is 1.41. The van der Waals surface area contributed by atoms with E-state index >= 15 is 0 Å². The van der Waals surface area contributed by atoms with E-state index in [2.05, 4.69) is 9.88 Å². The summed E-state index contributed by atoms with van der Waals surface area (Å²) in [5, 5.41) is 0. The normalized spacial score (nSPS) is 13.9. The van der Waals surface area contributed by atoms with Crippen molar-refractivity contribution in [1.29, 1.82) is 0 Å². The maximum absolute atomic E-state index is 13.0. The van der Waals surface area contributed by atoms with Crippen LogP contribution in [-0.4, -0.2) is 66.1 Å². The van der Waals surface area contributed by atoms with E-state index in [-0.39, 0.29) is 12.0 Å². The second kappa shape index (κ2) is 9.91. The minimum absolute atomic E-state index is 0.0802. The number of benzene rings is 1. The van der Waals surface area contributed by atoms with Crippen LogP contribution >= 0.6 is 0 Å². The topological polar surface area (TPSA) is 66.0 Å². The second-order valence-electron chi connectivity index (χ2n) is 6.88. The molecule has 7 nitrogen and oxygen atoms in total. The van der Waals surface area contributed by atoms with Crippen molar-refractivity contribution in [2.75, 3.05) is 44.2 Å². The number of pyridine rings is 1. The molecule has 0 spiro atoms. The van der Waals surface area contributed by atoms with Gasteiger partial charge in [0.25, 0.3) is 5.91 Å². The molecule has 1 saturated heterocycles. The number of anilines is 1. The third-order valence-corrected chi connectivity index (χ3v) is 5.02. The number of piperazine rings is 1. The van der Waals surface area contributed by atoms with Crippen molar-refractivity contribution >= 4 is 17.7 Å². The van der Waals surface area contributed by atoms with E-state index in [1.165, 1.54) is 0 Å². The largest absolute Gasteiger partial charge is 0.450 e. The van der Waals surface area contributed by atoms with Crippen LogP contribution < -0.4 is 4.90 Å². The third-order valence-electron chi connectivity index (χ3n) is 5.02. The molecule has 1 aliphatic rings. The Kier molecular flexibility index (Phi) is 7.05. The van der Waals surface area contributed by atoms with Crippen molar-refractivity contribution in [3.8, 4) is 0 Å². The molecule has 0 unspecified atom stereocenters. The number of carbonyl (C=O) groups excluding carboxylic acids is 2. The quantitative estimate of drug-likeness (QED) is 0.751. The highest BCUT2D eigenvalue weighted by Crippen LogP contribution is 2.19. The Bertz CT molecular complexity index is 820. The van der Waals surface area contributed by atoms with Gasteiger partial charge in [0, 0.05) is 51.2 Å². The molecule has 3 rings (SSSR count). The summed E-state index contributed by atoms with van der Waals surface area (Å²) in [5.41, 5.74) is 2.48. The van der Waals surface area contributed by atoms with Crippen LogP contribution in [-0.2, 0) is 11.3 Å². The van der Waals surface area contributed by atoms with Crippen LogP contribution in [0.25, 0.3) is 0 Å². The molecule has 0 atom stereocenters. The van der Waals surface area contributed by atoms with Crippen molar-refractivity contribution in [3.63, 3.8) is 0 Å². The first kappa shape index (κ1) is 20.6. The lowest BCUT2D eigenvalue weighted by atomic mass is 10.2. The van der Waals surface area contributed by atoms with Gasteiger partial charge in [-0.1, -0.05) is 30.3 Å². The smallest absolute Gasteiger partial charge is 0.409 e. The lowest BCUT2D eigenvalue weighted by Gasteiger charge is -2.35. The Balaban J connectivity index is 1.66. The summed E-state index contributed by atoms with van der Waals surface area (Å²) >= 11 is 0. The number of amides is 2. The van der Waals surface area contributed by atoms with Crippen molar-refractivity contribution in [2.24, 2.45) is 0 Å². The van der Waals surface area contributed by atoms with Crippen LogP contribution in [0.2, 0.25) is 0 Å². The summed E-state index contributed by atoms with van der Waals surface area (Å²) in [6, 6.07) is 13.7. The van der Waals surface area contributed by atoms with Gasteiger partial charge < -0.3 is 19.4 Å². The molecule has 154 valence electrons. The molecule has 1 aliphatic heterocycles. The molecular formula is C22H28N4O3. The lowest BCUT2D eigenvalue weighted by Crippen LogP contribution is -2.49. The summed E-state index contributed by atoms with van der Waals surface area (Å²) in [4.78, 5) is 34.9. The Morgan fingerprint density at radius 3 is 2.45 bits per heavy atom. The van der Waals surface area contributed by atoms with Gasteiger partial charge in [-0.15, -0.1) is 0 Å². The van der Waals surface area contributed by atoms with Crippen LogP contribution in [0.15, 0.2) is 48.7 Å². The van der Waals surface area contributed by atoms with E-state index in [0.717, 1.165) is 11.3 Å². The van der Waals surface area contributed by atoms with Gasteiger partial charge >= 0.3 is 6.09 Å². The van der Waals surface area contributed by atoms with Gasteiger partial charge in [0.2, 0.25) is 0 Å². The predicted octanol–water partition coefficient (Wildman–Crippen LogP) is 3.02. The molecule has 7 heteroatoms. The van der Waals surface area contributed by atoms with E-state index in [1.807, 2.05) is 49.4 Å². The zero-order valence-corrected chi connectivity index (χ0v) is 17.1. The molecule has 0 saturated carbocycles. The van der Waals surface area contributed by atoms with Crippen molar-refractivity contribution in [1.82, 2.24) is 14.8 Å². The van der Waals surface area contributed by atoms with Crippen LogP contribution in [0.1, 0.15) is 29.9 Å². The molecule has 2 heterocycles. The fraction of sp³-hybridized carbons (Fsp3) is 0.409. The number of hydrogen-bond donors (Lipinski definition) is 0. The van der Waals surface area contributed by atoms with Gasteiger partial charge in [-0.2, -0.15) is 0 Å². The summed E-state index contributed by atoms with van der Waals surface area (Å²) in [5.74, 6) is -0.0802. The molecule has 29 heavy (non-hydrogen) atoms. The molecule has 0 N–H and O–H groups in total. The Labute approximate surface area is 171 Å². The van der Waals surface area contributed by atoms with E-state index in [4.69, 9.17) is 4.74 Å². The molecule has 0 radical (unpaired) electrons. The summed E-state index contributed by atoms with van der Waals surface area (Å²) in [7, 11) is 0. The van der Waals surface area contributed by atoms with Gasteiger partial charge in [-0.05, 0) is 31.5 Å². The standard InChI is InChI=1S/C22H28N4O3/c1-3-24(17-18-8-6-5-7-9-18)21(27)20-16-19(10-11-23-20)25-12-14-26(15-13-25)22(28)29-4-2/h5-11,16H,3-4,12-15,17H2,1-2H3. The number of hydrogen-bond acceptors (Lipinski definition) is 5. The number of nitrogens with zero attached hydrogens (tertiary/aromatic N) is 4. The predicted molar refractivity (Wildman–Crippen MR) is 112 cm³/mol. The van der Waals surface area contributed by atoms with Gasteiger partial charge in [0.15, 0.2) is 0 Å². The molecule has 0 bridgehead atoms. The molecule has 1 fully saturated rings. The summed E-state index contributed by atoms with van der Waals surface area (Å²) < 4.78 is 5.07. The second-order valence-corrected chi connectivity index (χ2v) is 6.88. The minimum atomic E-state index is -0.266. The van der Waals surface area contributed by atoms with Gasteiger partial charge in [0.1, 0.15) is 5.69 Å². The van der Waals surface area contributed by atoms with E-state index in [1.54, 1.807) is 22.9 Å². The van der Waals surface area contributed by atoms with Crippen LogP contribution in [0, 0.1) is 0 Å². The fourth-order valence-electron chi connectivity index (χ4n) is 3.39. The number of carbonyl (C=O) groups is 2. The van der Waals surface area contributed by atoms with Crippen LogP contribution in [0.5, 0.6) is 0 Å². The lowest BCUT2D eigenvalue weighted by molar-refractivity contribution is 0.0746. The number of rotatable bonds is 6. The van der Waals surface area contributed by atoms with Gasteiger partial charge in [0.05, 0.1) is 6.61 Å². The van der Waals surface area contributed by atoms with Crippen molar-refractivity contribution in [3.05, 3.63) is 59.9 Å². The molecule has 2 amide bonds. The fourth-order valence-corrected chi connectivity index (χ4v) is 3.39. The maximum Gasteiger partial charge on any atom is 0.409 e. The molecule has 2 aromatic rings. The first-order valence-corrected chi connectivity index (χ1v) is 10.1. The SMILES string of the molecule is CCOC(=O)N1CCN(c2ccnc(C(=O)N(CC)Cc3ccccc3)c2)CC1. The number of aromatic nitrogens is 1. The highest BCUT2D eigenvalue weighted by molar-refractivity contribution is 5.93. The molecule has 1 aromatic heterocycles. The highest BCUT2D eigenvalue weighted by atomic mass is 16.6. The highest BCUT2D eigenvalue weighted by Gasteiger charge is 2.23. The van der Waals surface area contributed by atoms with E-state index < -0.39 is 0 Å². The molecular weight excluding hydrogens is 368 g/mol. The minimum Gasteiger partial charge on any atom is -0.450 e. The Hall–Kier alpha value is -3.09. The Morgan fingerprint density at radius 1 is 1.07 bits per heavy atom.